The fraction of sp³-hybridized carbons (Fsp3) is 0.583. The van der Waals surface area contributed by atoms with Gasteiger partial charge in [0.15, 0.2) is 0 Å². The minimum absolute atomic E-state index is 0.540. The van der Waals surface area contributed by atoms with Gasteiger partial charge in [-0.15, -0.1) is 6.58 Å². The highest BCUT2D eigenvalue weighted by Gasteiger charge is 2.06. The second kappa shape index (κ2) is 6.40. The van der Waals surface area contributed by atoms with Crippen LogP contribution in [0.4, 0.5) is 0 Å². The predicted octanol–water partition coefficient (Wildman–Crippen LogP) is 2.52. The Balaban J connectivity index is 2.51. The molecule has 0 unspecified atom stereocenters. The molecule has 0 aliphatic rings. The zero-order valence-electron chi connectivity index (χ0n) is 9.74. The summed E-state index contributed by atoms with van der Waals surface area (Å²) in [7, 11) is 0. The van der Waals surface area contributed by atoms with Gasteiger partial charge in [-0.1, -0.05) is 19.9 Å². The molecule has 0 atom stereocenters. The van der Waals surface area contributed by atoms with Gasteiger partial charge in [-0.2, -0.15) is 5.10 Å². The molecule has 0 radical (unpaired) electrons. The van der Waals surface area contributed by atoms with Crippen molar-refractivity contribution in [3.63, 3.8) is 0 Å². The Hall–Kier alpha value is -1.09. The topological polar surface area (TPSA) is 29.9 Å². The van der Waals surface area contributed by atoms with Crippen LogP contribution in [0.15, 0.2) is 24.9 Å². The Labute approximate surface area is 92.2 Å². The van der Waals surface area contributed by atoms with Crippen molar-refractivity contribution in [2.45, 2.75) is 39.3 Å². The van der Waals surface area contributed by atoms with E-state index in [1.807, 2.05) is 6.08 Å². The highest BCUT2D eigenvalue weighted by molar-refractivity contribution is 4.99. The van der Waals surface area contributed by atoms with Crippen molar-refractivity contribution in [1.82, 2.24) is 15.1 Å². The lowest BCUT2D eigenvalue weighted by Gasteiger charge is -2.12. The van der Waals surface area contributed by atoms with Crippen molar-refractivity contribution in [3.8, 4) is 0 Å². The van der Waals surface area contributed by atoms with Crippen LogP contribution in [0.5, 0.6) is 0 Å². The van der Waals surface area contributed by atoms with Crippen LogP contribution in [0.2, 0.25) is 0 Å². The molecule has 0 saturated heterocycles. The lowest BCUT2D eigenvalue weighted by atomic mass is 10.2. The SMILES string of the molecule is C=CCNCc1ccn(C(CC)CC)n1. The molecule has 0 bridgehead atoms. The van der Waals surface area contributed by atoms with E-state index in [-0.39, 0.29) is 0 Å². The molecule has 0 saturated carbocycles. The van der Waals surface area contributed by atoms with E-state index in [4.69, 9.17) is 0 Å². The molecule has 0 amide bonds. The highest BCUT2D eigenvalue weighted by atomic mass is 15.3. The predicted molar refractivity (Wildman–Crippen MR) is 63.7 cm³/mol. The number of nitrogens with zero attached hydrogens (tertiary/aromatic N) is 2. The van der Waals surface area contributed by atoms with E-state index in [1.165, 1.54) is 0 Å². The van der Waals surface area contributed by atoms with E-state index in [2.05, 4.69) is 47.8 Å². The maximum Gasteiger partial charge on any atom is 0.0762 e. The first-order valence-electron chi connectivity index (χ1n) is 5.67. The molecule has 0 aliphatic carbocycles. The molecule has 1 aromatic heterocycles. The van der Waals surface area contributed by atoms with E-state index in [0.717, 1.165) is 31.6 Å². The maximum atomic E-state index is 4.54. The van der Waals surface area contributed by atoms with Crippen molar-refractivity contribution in [1.29, 1.82) is 0 Å². The number of rotatable bonds is 7. The standard InChI is InChI=1S/C12H21N3/c1-4-8-13-10-11-7-9-15(14-11)12(5-2)6-3/h4,7,9,12-13H,1,5-6,8,10H2,2-3H3. The van der Waals surface area contributed by atoms with E-state index < -0.39 is 0 Å². The summed E-state index contributed by atoms with van der Waals surface area (Å²) in [5.74, 6) is 0. The average molecular weight is 207 g/mol. The summed E-state index contributed by atoms with van der Waals surface area (Å²) >= 11 is 0. The summed E-state index contributed by atoms with van der Waals surface area (Å²) < 4.78 is 2.07. The number of hydrogen-bond donors (Lipinski definition) is 1. The third-order valence-corrected chi connectivity index (χ3v) is 2.57. The Bertz CT molecular complexity index is 287. The van der Waals surface area contributed by atoms with Crippen LogP contribution in [0.25, 0.3) is 0 Å². The monoisotopic (exact) mass is 207 g/mol. The van der Waals surface area contributed by atoms with Gasteiger partial charge in [0.2, 0.25) is 0 Å². The first-order valence-corrected chi connectivity index (χ1v) is 5.67. The van der Waals surface area contributed by atoms with Crippen molar-refractivity contribution in [3.05, 3.63) is 30.6 Å². The zero-order valence-corrected chi connectivity index (χ0v) is 9.74. The summed E-state index contributed by atoms with van der Waals surface area (Å²) in [6.45, 7) is 9.71. The zero-order chi connectivity index (χ0) is 11.1. The van der Waals surface area contributed by atoms with Crippen LogP contribution in [-0.2, 0) is 6.54 Å². The minimum Gasteiger partial charge on any atom is -0.308 e. The molecule has 3 heteroatoms. The van der Waals surface area contributed by atoms with Gasteiger partial charge in [-0.05, 0) is 18.9 Å². The molecular weight excluding hydrogens is 186 g/mol. The summed E-state index contributed by atoms with van der Waals surface area (Å²) in [5, 5.41) is 7.79. The normalized spacial score (nSPS) is 10.9. The molecule has 1 heterocycles. The summed E-state index contributed by atoms with van der Waals surface area (Å²) in [6, 6.07) is 2.62. The third-order valence-electron chi connectivity index (χ3n) is 2.57. The Morgan fingerprint density at radius 1 is 1.53 bits per heavy atom. The molecule has 0 spiro atoms. The van der Waals surface area contributed by atoms with Gasteiger partial charge < -0.3 is 5.32 Å². The van der Waals surface area contributed by atoms with Crippen molar-refractivity contribution < 1.29 is 0 Å². The molecule has 0 aliphatic heterocycles. The van der Waals surface area contributed by atoms with Crippen LogP contribution in [0.3, 0.4) is 0 Å². The van der Waals surface area contributed by atoms with Crippen molar-refractivity contribution in [2.75, 3.05) is 6.54 Å². The van der Waals surface area contributed by atoms with Crippen LogP contribution >= 0.6 is 0 Å². The summed E-state index contributed by atoms with van der Waals surface area (Å²) in [6.07, 6.45) is 6.20. The second-order valence-electron chi connectivity index (χ2n) is 3.68. The first kappa shape index (κ1) is 12.0. The Morgan fingerprint density at radius 3 is 2.87 bits per heavy atom. The van der Waals surface area contributed by atoms with E-state index in [0.29, 0.717) is 6.04 Å². The van der Waals surface area contributed by atoms with Crippen LogP contribution < -0.4 is 5.32 Å². The largest absolute Gasteiger partial charge is 0.308 e. The van der Waals surface area contributed by atoms with Gasteiger partial charge in [0, 0.05) is 19.3 Å². The number of nitrogens with one attached hydrogen (secondary N) is 1. The number of aromatic nitrogens is 2. The van der Waals surface area contributed by atoms with Gasteiger partial charge in [-0.3, -0.25) is 4.68 Å². The average Bonchev–Trinajstić information content (AvgIpc) is 2.69. The maximum absolute atomic E-state index is 4.54. The van der Waals surface area contributed by atoms with Crippen LogP contribution in [-0.4, -0.2) is 16.3 Å². The van der Waals surface area contributed by atoms with Gasteiger partial charge >= 0.3 is 0 Å². The summed E-state index contributed by atoms with van der Waals surface area (Å²) in [5.41, 5.74) is 1.10. The minimum atomic E-state index is 0.540. The van der Waals surface area contributed by atoms with Crippen LogP contribution in [0, 0.1) is 0 Å². The number of hydrogen-bond acceptors (Lipinski definition) is 2. The van der Waals surface area contributed by atoms with Gasteiger partial charge in [0.25, 0.3) is 0 Å². The molecule has 1 rings (SSSR count). The third kappa shape index (κ3) is 3.51. The Kier molecular flexibility index (Phi) is 5.12. The second-order valence-corrected chi connectivity index (χ2v) is 3.68. The quantitative estimate of drug-likeness (QED) is 0.550. The lowest BCUT2D eigenvalue weighted by Crippen LogP contribution is -2.14. The first-order chi connectivity index (χ1) is 7.31. The van der Waals surface area contributed by atoms with E-state index >= 15 is 0 Å². The van der Waals surface area contributed by atoms with E-state index in [1.54, 1.807) is 0 Å². The van der Waals surface area contributed by atoms with E-state index in [9.17, 15) is 0 Å². The smallest absolute Gasteiger partial charge is 0.0762 e. The molecule has 1 N–H and O–H groups in total. The van der Waals surface area contributed by atoms with Gasteiger partial charge in [0.05, 0.1) is 11.7 Å². The molecule has 0 fully saturated rings. The van der Waals surface area contributed by atoms with Gasteiger partial charge in [0.1, 0.15) is 0 Å². The lowest BCUT2D eigenvalue weighted by molar-refractivity contribution is 0.424. The fourth-order valence-corrected chi connectivity index (χ4v) is 1.64. The molecule has 0 aromatic carbocycles. The highest BCUT2D eigenvalue weighted by Crippen LogP contribution is 2.14. The van der Waals surface area contributed by atoms with Crippen molar-refractivity contribution in [2.24, 2.45) is 0 Å². The molecular formula is C12H21N3. The Morgan fingerprint density at radius 2 is 2.27 bits per heavy atom. The molecule has 1 aromatic rings. The molecule has 3 nitrogen and oxygen atoms in total. The fourth-order valence-electron chi connectivity index (χ4n) is 1.64. The molecule has 84 valence electrons. The summed E-state index contributed by atoms with van der Waals surface area (Å²) in [4.78, 5) is 0. The van der Waals surface area contributed by atoms with Crippen LogP contribution in [0.1, 0.15) is 38.4 Å². The van der Waals surface area contributed by atoms with Crippen molar-refractivity contribution >= 4 is 0 Å². The van der Waals surface area contributed by atoms with Gasteiger partial charge in [-0.25, -0.2) is 0 Å². The molecule has 15 heavy (non-hydrogen) atoms.